The minimum absolute atomic E-state index is 0.181. The summed E-state index contributed by atoms with van der Waals surface area (Å²) in [5.74, 6) is -0.0541. The van der Waals surface area contributed by atoms with Crippen LogP contribution in [0.4, 0.5) is 14.9 Å². The maximum atomic E-state index is 13.7. The van der Waals surface area contributed by atoms with Crippen LogP contribution in [-0.4, -0.2) is 24.8 Å². The molecule has 0 aliphatic carbocycles. The summed E-state index contributed by atoms with van der Waals surface area (Å²) in [4.78, 5) is 11.6. The van der Waals surface area contributed by atoms with Gasteiger partial charge in [-0.15, -0.1) is 0 Å². The molecule has 0 aromatic heterocycles. The Labute approximate surface area is 112 Å². The van der Waals surface area contributed by atoms with E-state index in [0.29, 0.717) is 11.3 Å². The zero-order valence-corrected chi connectivity index (χ0v) is 11.4. The zero-order chi connectivity index (χ0) is 14.0. The smallest absolute Gasteiger partial charge is 0.412 e. The number of carbonyl (C=O) groups excluding carboxylic acids is 1. The molecular formula is C14H19FN2O2. The van der Waals surface area contributed by atoms with Crippen molar-refractivity contribution in [2.75, 3.05) is 18.4 Å². The van der Waals surface area contributed by atoms with E-state index in [1.165, 1.54) is 12.1 Å². The lowest BCUT2D eigenvalue weighted by Crippen LogP contribution is -2.40. The highest BCUT2D eigenvalue weighted by atomic mass is 19.1. The van der Waals surface area contributed by atoms with Gasteiger partial charge in [0.15, 0.2) is 0 Å². The van der Waals surface area contributed by atoms with Crippen LogP contribution in [0.1, 0.15) is 32.3 Å². The molecule has 1 heterocycles. The predicted octanol–water partition coefficient (Wildman–Crippen LogP) is 2.86. The third-order valence-corrected chi connectivity index (χ3v) is 2.86. The van der Waals surface area contributed by atoms with Crippen molar-refractivity contribution in [3.63, 3.8) is 0 Å². The minimum atomic E-state index is -0.551. The van der Waals surface area contributed by atoms with Crippen molar-refractivity contribution in [1.82, 2.24) is 5.32 Å². The van der Waals surface area contributed by atoms with Gasteiger partial charge in [-0.1, -0.05) is 0 Å². The monoisotopic (exact) mass is 266 g/mol. The largest absolute Gasteiger partial charge is 0.444 e. The molecule has 2 rings (SSSR count). The lowest BCUT2D eigenvalue weighted by atomic mass is 9.93. The van der Waals surface area contributed by atoms with Crippen LogP contribution in [0.15, 0.2) is 18.2 Å². The van der Waals surface area contributed by atoms with Crippen molar-refractivity contribution in [2.45, 2.75) is 32.3 Å². The molecule has 1 fully saturated rings. The second-order valence-electron chi connectivity index (χ2n) is 5.72. The van der Waals surface area contributed by atoms with Crippen LogP contribution in [0.2, 0.25) is 0 Å². The van der Waals surface area contributed by atoms with Gasteiger partial charge in [0.05, 0.1) is 0 Å². The molecule has 1 aliphatic rings. The Bertz CT molecular complexity index is 479. The zero-order valence-electron chi connectivity index (χ0n) is 11.4. The van der Waals surface area contributed by atoms with Gasteiger partial charge < -0.3 is 10.1 Å². The average Bonchev–Trinajstić information content (AvgIpc) is 2.17. The minimum Gasteiger partial charge on any atom is -0.444 e. The molecule has 0 radical (unpaired) electrons. The van der Waals surface area contributed by atoms with Crippen molar-refractivity contribution in [3.05, 3.63) is 29.6 Å². The summed E-state index contributed by atoms with van der Waals surface area (Å²) < 4.78 is 18.8. The van der Waals surface area contributed by atoms with E-state index in [0.717, 1.165) is 13.1 Å². The first-order valence-corrected chi connectivity index (χ1v) is 6.35. The van der Waals surface area contributed by atoms with Gasteiger partial charge in [0.1, 0.15) is 11.4 Å². The van der Waals surface area contributed by atoms with Gasteiger partial charge in [0.25, 0.3) is 0 Å². The molecule has 0 saturated carbocycles. The summed E-state index contributed by atoms with van der Waals surface area (Å²) in [5, 5.41) is 5.72. The van der Waals surface area contributed by atoms with Gasteiger partial charge in [-0.05, 0) is 44.5 Å². The van der Waals surface area contributed by atoms with Crippen molar-refractivity contribution in [1.29, 1.82) is 0 Å². The van der Waals surface area contributed by atoms with E-state index in [1.807, 2.05) is 0 Å². The van der Waals surface area contributed by atoms with Crippen LogP contribution in [0, 0.1) is 5.82 Å². The maximum absolute atomic E-state index is 13.7. The fourth-order valence-corrected chi connectivity index (χ4v) is 1.86. The van der Waals surface area contributed by atoms with E-state index >= 15 is 0 Å². The van der Waals surface area contributed by atoms with Crippen LogP contribution in [0.5, 0.6) is 0 Å². The van der Waals surface area contributed by atoms with Gasteiger partial charge in [0.2, 0.25) is 0 Å². The molecule has 0 unspecified atom stereocenters. The fourth-order valence-electron chi connectivity index (χ4n) is 1.86. The molecule has 104 valence electrons. The molecule has 0 bridgehead atoms. The lowest BCUT2D eigenvalue weighted by molar-refractivity contribution is 0.0636. The summed E-state index contributed by atoms with van der Waals surface area (Å²) in [6.07, 6.45) is -0.531. The Morgan fingerprint density at radius 3 is 2.63 bits per heavy atom. The molecule has 5 heteroatoms. The Hall–Kier alpha value is -1.62. The molecular weight excluding hydrogens is 247 g/mol. The van der Waals surface area contributed by atoms with Crippen LogP contribution >= 0.6 is 0 Å². The van der Waals surface area contributed by atoms with Crippen LogP contribution in [0.3, 0.4) is 0 Å². The number of nitrogens with one attached hydrogen (secondary N) is 2. The molecule has 2 N–H and O–H groups in total. The highest BCUT2D eigenvalue weighted by Gasteiger charge is 2.23. The molecule has 0 spiro atoms. The first kappa shape index (κ1) is 13.8. The third-order valence-electron chi connectivity index (χ3n) is 2.86. The summed E-state index contributed by atoms with van der Waals surface area (Å²) in [6.45, 7) is 6.92. The molecule has 1 aromatic rings. The number of hydrogen-bond donors (Lipinski definition) is 2. The maximum Gasteiger partial charge on any atom is 0.412 e. The lowest BCUT2D eigenvalue weighted by Gasteiger charge is -2.28. The highest BCUT2D eigenvalue weighted by Crippen LogP contribution is 2.26. The van der Waals surface area contributed by atoms with Crippen LogP contribution in [0.25, 0.3) is 0 Å². The summed E-state index contributed by atoms with van der Waals surface area (Å²) in [7, 11) is 0. The molecule has 1 amide bonds. The molecule has 0 atom stereocenters. The second-order valence-corrected chi connectivity index (χ2v) is 5.72. The van der Waals surface area contributed by atoms with E-state index < -0.39 is 11.7 Å². The number of rotatable bonds is 2. The van der Waals surface area contributed by atoms with Crippen LogP contribution in [-0.2, 0) is 4.74 Å². The number of ether oxygens (including phenoxy) is 1. The number of benzene rings is 1. The van der Waals surface area contributed by atoms with Gasteiger partial charge >= 0.3 is 6.09 Å². The SMILES string of the molecule is CC(C)(C)OC(=O)Nc1ccc(F)c(C2CNC2)c1. The normalized spacial score (nSPS) is 15.8. The van der Waals surface area contributed by atoms with Crippen LogP contribution < -0.4 is 10.6 Å². The summed E-state index contributed by atoms with van der Waals surface area (Å²) in [5.41, 5.74) is 0.634. The van der Waals surface area contributed by atoms with Gasteiger partial charge in [-0.2, -0.15) is 0 Å². The molecule has 1 saturated heterocycles. The van der Waals surface area contributed by atoms with Crippen molar-refractivity contribution in [3.8, 4) is 0 Å². The van der Waals surface area contributed by atoms with E-state index in [9.17, 15) is 9.18 Å². The number of amides is 1. The van der Waals surface area contributed by atoms with E-state index in [4.69, 9.17) is 4.74 Å². The highest BCUT2D eigenvalue weighted by molar-refractivity contribution is 5.85. The first-order valence-electron chi connectivity index (χ1n) is 6.35. The van der Waals surface area contributed by atoms with E-state index in [-0.39, 0.29) is 11.7 Å². The summed E-state index contributed by atoms with van der Waals surface area (Å²) >= 11 is 0. The fraction of sp³-hybridized carbons (Fsp3) is 0.500. The molecule has 1 aliphatic heterocycles. The standard InChI is InChI=1S/C14H19FN2O2/c1-14(2,3)19-13(18)17-10-4-5-12(15)11(6-10)9-7-16-8-9/h4-6,9,16H,7-8H2,1-3H3,(H,17,18). The topological polar surface area (TPSA) is 50.4 Å². The van der Waals surface area contributed by atoms with Crippen molar-refractivity contribution >= 4 is 11.8 Å². The van der Waals surface area contributed by atoms with Gasteiger partial charge in [-0.3, -0.25) is 5.32 Å². The Morgan fingerprint density at radius 1 is 1.42 bits per heavy atom. The number of hydrogen-bond acceptors (Lipinski definition) is 3. The second kappa shape index (κ2) is 5.17. The van der Waals surface area contributed by atoms with Gasteiger partial charge in [-0.25, -0.2) is 9.18 Å². The van der Waals surface area contributed by atoms with Crippen molar-refractivity contribution in [2.24, 2.45) is 0 Å². The predicted molar refractivity (Wildman–Crippen MR) is 71.9 cm³/mol. The number of anilines is 1. The third kappa shape index (κ3) is 3.67. The van der Waals surface area contributed by atoms with E-state index in [2.05, 4.69) is 10.6 Å². The van der Waals surface area contributed by atoms with Crippen molar-refractivity contribution < 1.29 is 13.9 Å². The first-order chi connectivity index (χ1) is 8.85. The summed E-state index contributed by atoms with van der Waals surface area (Å²) in [6, 6.07) is 4.58. The quantitative estimate of drug-likeness (QED) is 0.865. The number of halogens is 1. The average molecular weight is 266 g/mol. The Morgan fingerprint density at radius 2 is 2.11 bits per heavy atom. The van der Waals surface area contributed by atoms with Gasteiger partial charge in [0, 0.05) is 24.7 Å². The Balaban J connectivity index is 2.06. The van der Waals surface area contributed by atoms with E-state index in [1.54, 1.807) is 26.8 Å². The molecule has 19 heavy (non-hydrogen) atoms. The number of carbonyl (C=O) groups is 1. The molecule has 4 nitrogen and oxygen atoms in total. The molecule has 1 aromatic carbocycles. The Kier molecular flexibility index (Phi) is 3.75.